The van der Waals surface area contributed by atoms with Gasteiger partial charge in [-0.3, -0.25) is 14.2 Å². The standard InChI is InChI=1S/C20H24N4O4S/c1-5-7-16(25)23-12-21-18-20(23)29-19(22-24(18)17(26)8-6-2)13-9-10-14(27-3)15(11-13)28-4/h9-12H,5-8H2,1-4H3. The average Bonchev–Trinajstić information content (AvgIpc) is 3.17. The summed E-state index contributed by atoms with van der Waals surface area (Å²) in [5.74, 6) is 1.31. The molecule has 1 aromatic carbocycles. The molecular weight excluding hydrogens is 392 g/mol. The molecule has 29 heavy (non-hydrogen) atoms. The summed E-state index contributed by atoms with van der Waals surface area (Å²) in [6, 6.07) is 5.42. The van der Waals surface area contributed by atoms with Crippen molar-refractivity contribution in [3.05, 3.63) is 30.1 Å². The molecule has 8 nitrogen and oxygen atoms in total. The summed E-state index contributed by atoms with van der Waals surface area (Å²) in [7, 11) is 3.13. The van der Waals surface area contributed by atoms with E-state index >= 15 is 0 Å². The Morgan fingerprint density at radius 1 is 1.03 bits per heavy atom. The molecular formula is C20H24N4O4S. The lowest BCUT2D eigenvalue weighted by molar-refractivity contribution is -0.118. The molecule has 1 aromatic heterocycles. The number of hydrogen-bond donors (Lipinski definition) is 0. The van der Waals surface area contributed by atoms with Gasteiger partial charge in [0.25, 0.3) is 0 Å². The number of nitrogens with zero attached hydrogens (tertiary/aromatic N) is 4. The number of carbonyl (C=O) groups excluding carboxylic acids is 2. The van der Waals surface area contributed by atoms with Gasteiger partial charge in [0.05, 0.1) is 14.2 Å². The second-order valence-corrected chi connectivity index (χ2v) is 7.40. The molecule has 0 spiro atoms. The van der Waals surface area contributed by atoms with Crippen molar-refractivity contribution in [2.24, 2.45) is 5.10 Å². The molecule has 0 aliphatic carbocycles. The monoisotopic (exact) mass is 416 g/mol. The summed E-state index contributed by atoms with van der Waals surface area (Å²) >= 11 is 1.31. The van der Waals surface area contributed by atoms with E-state index < -0.39 is 0 Å². The van der Waals surface area contributed by atoms with Gasteiger partial charge in [0.2, 0.25) is 11.8 Å². The van der Waals surface area contributed by atoms with Gasteiger partial charge < -0.3 is 9.47 Å². The van der Waals surface area contributed by atoms with Gasteiger partial charge in [-0.1, -0.05) is 13.8 Å². The topological polar surface area (TPSA) is 86.0 Å². The van der Waals surface area contributed by atoms with Gasteiger partial charge in [-0.25, -0.2) is 4.98 Å². The molecule has 0 saturated heterocycles. The van der Waals surface area contributed by atoms with Crippen molar-refractivity contribution in [2.45, 2.75) is 44.6 Å². The van der Waals surface area contributed by atoms with Gasteiger partial charge in [0.15, 0.2) is 17.3 Å². The first-order valence-corrected chi connectivity index (χ1v) is 10.3. The smallest absolute Gasteiger partial charge is 0.248 e. The SMILES string of the molecule is CCCC(=O)N1N=C(c2ccc(OC)c(OC)c2)Sc2c1ncn2C(=O)CCC. The lowest BCUT2D eigenvalue weighted by Gasteiger charge is -2.23. The molecule has 1 aliphatic rings. The summed E-state index contributed by atoms with van der Waals surface area (Å²) in [6.07, 6.45) is 3.62. The number of thioether (sulfide) groups is 1. The molecule has 0 atom stereocenters. The number of hydrazone groups is 1. The second kappa shape index (κ2) is 9.13. The van der Waals surface area contributed by atoms with Crippen LogP contribution < -0.4 is 14.5 Å². The largest absolute Gasteiger partial charge is 0.493 e. The minimum Gasteiger partial charge on any atom is -0.493 e. The number of imidazole rings is 1. The van der Waals surface area contributed by atoms with Crippen LogP contribution in [-0.4, -0.2) is 40.6 Å². The number of aromatic nitrogens is 2. The second-order valence-electron chi connectivity index (χ2n) is 6.42. The highest BCUT2D eigenvalue weighted by Crippen LogP contribution is 2.39. The van der Waals surface area contributed by atoms with E-state index in [4.69, 9.17) is 9.47 Å². The lowest BCUT2D eigenvalue weighted by Crippen LogP contribution is -2.30. The normalized spacial score (nSPS) is 13.0. The molecule has 0 fully saturated rings. The molecule has 0 bridgehead atoms. The molecule has 154 valence electrons. The minimum atomic E-state index is -0.166. The summed E-state index contributed by atoms with van der Waals surface area (Å²) in [4.78, 5) is 29.5. The third kappa shape index (κ3) is 4.14. The molecule has 9 heteroatoms. The zero-order chi connectivity index (χ0) is 21.0. The van der Waals surface area contributed by atoms with Gasteiger partial charge in [-0.05, 0) is 42.8 Å². The number of hydrogen-bond acceptors (Lipinski definition) is 7. The summed E-state index contributed by atoms with van der Waals surface area (Å²) in [5.41, 5.74) is 0.753. The maximum absolute atomic E-state index is 12.7. The number of rotatable bonds is 7. The fourth-order valence-electron chi connectivity index (χ4n) is 2.91. The first kappa shape index (κ1) is 20.9. The van der Waals surface area contributed by atoms with Crippen LogP contribution in [0.25, 0.3) is 0 Å². The third-order valence-electron chi connectivity index (χ3n) is 4.35. The van der Waals surface area contributed by atoms with E-state index in [1.807, 2.05) is 19.9 Å². The molecule has 0 N–H and O–H groups in total. The third-order valence-corrected chi connectivity index (χ3v) is 5.44. The Bertz CT molecular complexity index is 954. The first-order chi connectivity index (χ1) is 14.0. The van der Waals surface area contributed by atoms with Gasteiger partial charge in [0.1, 0.15) is 16.4 Å². The highest BCUT2D eigenvalue weighted by Gasteiger charge is 2.31. The summed E-state index contributed by atoms with van der Waals surface area (Å²) in [5, 5.41) is 7.01. The van der Waals surface area contributed by atoms with Crippen LogP contribution in [0.2, 0.25) is 0 Å². The Labute approximate surface area is 173 Å². The molecule has 0 saturated carbocycles. The molecule has 1 amide bonds. The highest BCUT2D eigenvalue weighted by atomic mass is 32.2. The Morgan fingerprint density at radius 2 is 1.72 bits per heavy atom. The number of ether oxygens (including phenoxy) is 2. The van der Waals surface area contributed by atoms with Crippen LogP contribution in [0, 0.1) is 0 Å². The molecule has 3 rings (SSSR count). The van der Waals surface area contributed by atoms with Crippen LogP contribution >= 0.6 is 11.8 Å². The Morgan fingerprint density at radius 3 is 2.38 bits per heavy atom. The number of benzene rings is 1. The molecule has 1 aliphatic heterocycles. The molecule has 0 radical (unpaired) electrons. The Balaban J connectivity index is 2.07. The van der Waals surface area contributed by atoms with Crippen LogP contribution in [0.5, 0.6) is 11.5 Å². The fourth-order valence-corrected chi connectivity index (χ4v) is 3.94. The van der Waals surface area contributed by atoms with Crippen molar-refractivity contribution in [1.29, 1.82) is 0 Å². The zero-order valence-electron chi connectivity index (χ0n) is 17.0. The van der Waals surface area contributed by atoms with Crippen molar-refractivity contribution in [3.63, 3.8) is 0 Å². The average molecular weight is 417 g/mol. The van der Waals surface area contributed by atoms with Crippen LogP contribution in [0.4, 0.5) is 5.82 Å². The quantitative estimate of drug-likeness (QED) is 0.680. The van der Waals surface area contributed by atoms with Gasteiger partial charge in [0, 0.05) is 18.4 Å². The molecule has 0 unspecified atom stereocenters. The van der Waals surface area contributed by atoms with Crippen LogP contribution in [0.3, 0.4) is 0 Å². The van der Waals surface area contributed by atoms with Crippen molar-refractivity contribution >= 4 is 34.4 Å². The highest BCUT2D eigenvalue weighted by molar-refractivity contribution is 8.14. The first-order valence-electron chi connectivity index (χ1n) is 9.46. The number of amides is 1. The van der Waals surface area contributed by atoms with Crippen molar-refractivity contribution in [2.75, 3.05) is 19.2 Å². The van der Waals surface area contributed by atoms with Crippen LogP contribution in [0.1, 0.15) is 49.9 Å². The number of fused-ring (bicyclic) bond motifs is 1. The van der Waals surface area contributed by atoms with Gasteiger partial charge in [-0.15, -0.1) is 0 Å². The minimum absolute atomic E-state index is 0.0646. The Hall–Kier alpha value is -2.81. The van der Waals surface area contributed by atoms with Crippen LogP contribution in [0.15, 0.2) is 34.7 Å². The van der Waals surface area contributed by atoms with E-state index in [-0.39, 0.29) is 11.8 Å². The van der Waals surface area contributed by atoms with Crippen molar-refractivity contribution in [1.82, 2.24) is 9.55 Å². The summed E-state index contributed by atoms with van der Waals surface area (Å²) < 4.78 is 12.2. The van der Waals surface area contributed by atoms with E-state index in [9.17, 15) is 9.59 Å². The molecule has 2 aromatic rings. The predicted molar refractivity (Wildman–Crippen MR) is 112 cm³/mol. The van der Waals surface area contributed by atoms with E-state index in [0.29, 0.717) is 46.6 Å². The fraction of sp³-hybridized carbons (Fsp3) is 0.400. The number of anilines is 1. The van der Waals surface area contributed by atoms with E-state index in [0.717, 1.165) is 12.0 Å². The van der Waals surface area contributed by atoms with Gasteiger partial charge in [-0.2, -0.15) is 10.1 Å². The number of methoxy groups -OCH3 is 2. The number of carbonyl (C=O) groups is 2. The predicted octanol–water partition coefficient (Wildman–Crippen LogP) is 3.94. The zero-order valence-corrected chi connectivity index (χ0v) is 17.8. The van der Waals surface area contributed by atoms with Crippen LogP contribution in [-0.2, 0) is 4.79 Å². The van der Waals surface area contributed by atoms with Crippen molar-refractivity contribution < 1.29 is 19.1 Å². The summed E-state index contributed by atoms with van der Waals surface area (Å²) in [6.45, 7) is 3.88. The molecule has 2 heterocycles. The van der Waals surface area contributed by atoms with Gasteiger partial charge >= 0.3 is 0 Å². The van der Waals surface area contributed by atoms with E-state index in [1.54, 1.807) is 26.4 Å². The maximum atomic E-state index is 12.7. The lowest BCUT2D eigenvalue weighted by atomic mass is 10.2. The van der Waals surface area contributed by atoms with E-state index in [1.165, 1.54) is 27.7 Å². The van der Waals surface area contributed by atoms with E-state index in [2.05, 4.69) is 10.1 Å². The maximum Gasteiger partial charge on any atom is 0.248 e. The Kier molecular flexibility index (Phi) is 6.58. The van der Waals surface area contributed by atoms with Crippen molar-refractivity contribution in [3.8, 4) is 11.5 Å².